The van der Waals surface area contributed by atoms with E-state index in [9.17, 15) is 19.2 Å². The molecular formula is C14H16O8. The fraction of sp³-hybridized carbons (Fsp3) is 0.286. The highest BCUT2D eigenvalue weighted by atomic mass is 16.6. The predicted octanol–water partition coefficient (Wildman–Crippen LogP) is 0.0874. The Morgan fingerprint density at radius 2 is 0.864 bits per heavy atom. The largest absolute Gasteiger partial charge is 0.459 e. The van der Waals surface area contributed by atoms with Crippen molar-refractivity contribution in [3.05, 3.63) is 37.5 Å². The molecule has 120 valence electrons. The van der Waals surface area contributed by atoms with Crippen molar-refractivity contribution in [2.75, 3.05) is 26.4 Å². The summed E-state index contributed by atoms with van der Waals surface area (Å²) in [6.45, 7) is 5.82. The number of carbonyl (C=O) groups excluding carboxylic acids is 4. The quantitative estimate of drug-likeness (QED) is 0.242. The topological polar surface area (TPSA) is 105 Å². The van der Waals surface area contributed by atoms with Crippen molar-refractivity contribution in [3.63, 3.8) is 0 Å². The molecule has 0 fully saturated rings. The van der Waals surface area contributed by atoms with Crippen molar-refractivity contribution in [1.29, 1.82) is 0 Å². The average molecular weight is 312 g/mol. The lowest BCUT2D eigenvalue weighted by molar-refractivity contribution is -0.147. The van der Waals surface area contributed by atoms with Crippen LogP contribution in [-0.2, 0) is 38.1 Å². The maximum Gasteiger partial charge on any atom is 0.331 e. The number of hydrogen-bond donors (Lipinski definition) is 0. The first kappa shape index (κ1) is 19.1. The molecule has 0 amide bonds. The second-order valence-electron chi connectivity index (χ2n) is 3.41. The van der Waals surface area contributed by atoms with E-state index in [4.69, 9.17) is 0 Å². The molecule has 0 atom stereocenters. The van der Waals surface area contributed by atoms with Crippen LogP contribution in [-0.4, -0.2) is 50.3 Å². The van der Waals surface area contributed by atoms with E-state index in [-0.39, 0.29) is 26.4 Å². The van der Waals surface area contributed by atoms with Crippen LogP contribution < -0.4 is 0 Å². The molecule has 0 radical (unpaired) electrons. The van der Waals surface area contributed by atoms with Gasteiger partial charge in [0.25, 0.3) is 0 Å². The Labute approximate surface area is 127 Å². The third-order valence-electron chi connectivity index (χ3n) is 1.83. The first-order valence-electron chi connectivity index (χ1n) is 6.09. The van der Waals surface area contributed by atoms with Crippen LogP contribution in [0.25, 0.3) is 0 Å². The zero-order chi connectivity index (χ0) is 16.8. The average Bonchev–Trinajstić information content (AvgIpc) is 2.52. The molecule has 0 rings (SSSR count). The lowest BCUT2D eigenvalue weighted by Crippen LogP contribution is -2.13. The molecule has 0 N–H and O–H groups in total. The third-order valence-corrected chi connectivity index (χ3v) is 1.83. The van der Waals surface area contributed by atoms with Gasteiger partial charge in [0.05, 0.1) is 0 Å². The SMILES string of the molecule is C=CC(=O)OCCOC(=O)/C=C/C(=O)OCCOC(=O)C=C. The zero-order valence-corrected chi connectivity index (χ0v) is 11.8. The second-order valence-corrected chi connectivity index (χ2v) is 3.41. The van der Waals surface area contributed by atoms with Gasteiger partial charge in [-0.1, -0.05) is 13.2 Å². The van der Waals surface area contributed by atoms with E-state index in [2.05, 4.69) is 32.1 Å². The lowest BCUT2D eigenvalue weighted by atomic mass is 10.5. The van der Waals surface area contributed by atoms with Crippen molar-refractivity contribution in [1.82, 2.24) is 0 Å². The number of esters is 4. The van der Waals surface area contributed by atoms with Crippen molar-refractivity contribution in [2.24, 2.45) is 0 Å². The van der Waals surface area contributed by atoms with Gasteiger partial charge in [0, 0.05) is 24.3 Å². The lowest BCUT2D eigenvalue weighted by Gasteiger charge is -2.03. The first-order valence-corrected chi connectivity index (χ1v) is 6.09. The Balaban J connectivity index is 3.75. The van der Waals surface area contributed by atoms with Gasteiger partial charge in [-0.3, -0.25) is 0 Å². The standard InChI is InChI=1S/C14H16O8/c1-3-11(15)19-7-9-21-13(17)5-6-14(18)22-10-8-20-12(16)4-2/h3-6H,1-2,7-10H2/b6-5+. The van der Waals surface area contributed by atoms with Crippen LogP contribution in [0.2, 0.25) is 0 Å². The Bertz CT molecular complexity index is 421. The minimum atomic E-state index is -0.801. The van der Waals surface area contributed by atoms with Gasteiger partial charge in [0.2, 0.25) is 0 Å². The van der Waals surface area contributed by atoms with Crippen LogP contribution in [0.5, 0.6) is 0 Å². The van der Waals surface area contributed by atoms with Crippen LogP contribution in [0.4, 0.5) is 0 Å². The Morgan fingerprint density at radius 3 is 1.14 bits per heavy atom. The predicted molar refractivity (Wildman–Crippen MR) is 73.4 cm³/mol. The molecule has 0 unspecified atom stereocenters. The molecule has 22 heavy (non-hydrogen) atoms. The first-order chi connectivity index (χ1) is 10.5. The summed E-state index contributed by atoms with van der Waals surface area (Å²) in [5, 5.41) is 0. The summed E-state index contributed by atoms with van der Waals surface area (Å²) in [6.07, 6.45) is 3.66. The molecule has 0 bridgehead atoms. The molecule has 0 aromatic rings. The molecule has 0 saturated heterocycles. The van der Waals surface area contributed by atoms with Gasteiger partial charge >= 0.3 is 23.9 Å². The number of hydrogen-bond acceptors (Lipinski definition) is 8. The van der Waals surface area contributed by atoms with E-state index in [1.807, 2.05) is 0 Å². The van der Waals surface area contributed by atoms with Crippen molar-refractivity contribution < 1.29 is 38.1 Å². The van der Waals surface area contributed by atoms with Crippen LogP contribution in [0.15, 0.2) is 37.5 Å². The van der Waals surface area contributed by atoms with Gasteiger partial charge in [0.15, 0.2) is 0 Å². The summed E-state index contributed by atoms with van der Waals surface area (Å²) >= 11 is 0. The fourth-order valence-corrected chi connectivity index (χ4v) is 0.919. The molecule has 0 saturated carbocycles. The molecule has 0 aromatic carbocycles. The van der Waals surface area contributed by atoms with E-state index < -0.39 is 23.9 Å². The van der Waals surface area contributed by atoms with E-state index in [1.54, 1.807) is 0 Å². The van der Waals surface area contributed by atoms with E-state index >= 15 is 0 Å². The van der Waals surface area contributed by atoms with Gasteiger partial charge in [0.1, 0.15) is 26.4 Å². The number of rotatable bonds is 10. The van der Waals surface area contributed by atoms with Crippen molar-refractivity contribution in [3.8, 4) is 0 Å². The summed E-state index contributed by atoms with van der Waals surface area (Å²) in [5.74, 6) is -2.87. The smallest absolute Gasteiger partial charge is 0.331 e. The minimum Gasteiger partial charge on any atom is -0.459 e. The van der Waals surface area contributed by atoms with E-state index in [0.717, 1.165) is 24.3 Å². The maximum atomic E-state index is 11.2. The molecular weight excluding hydrogens is 296 g/mol. The monoisotopic (exact) mass is 312 g/mol. The number of ether oxygens (including phenoxy) is 4. The van der Waals surface area contributed by atoms with E-state index in [0.29, 0.717) is 0 Å². The summed E-state index contributed by atoms with van der Waals surface area (Å²) in [6, 6.07) is 0. The minimum absolute atomic E-state index is 0.121. The van der Waals surface area contributed by atoms with Gasteiger partial charge in [-0.25, -0.2) is 19.2 Å². The Kier molecular flexibility index (Phi) is 10.3. The molecule has 0 aliphatic heterocycles. The Hall–Kier alpha value is -2.90. The normalized spacial score (nSPS) is 9.64. The maximum absolute atomic E-state index is 11.2. The molecule has 8 nitrogen and oxygen atoms in total. The fourth-order valence-electron chi connectivity index (χ4n) is 0.919. The molecule has 0 heterocycles. The molecule has 8 heteroatoms. The summed E-state index contributed by atoms with van der Waals surface area (Å²) in [7, 11) is 0. The zero-order valence-electron chi connectivity index (χ0n) is 11.8. The molecule has 0 aliphatic rings. The number of carbonyl (C=O) groups is 4. The highest BCUT2D eigenvalue weighted by Gasteiger charge is 2.03. The summed E-state index contributed by atoms with van der Waals surface area (Å²) in [4.78, 5) is 43.7. The van der Waals surface area contributed by atoms with Crippen molar-refractivity contribution in [2.45, 2.75) is 0 Å². The highest BCUT2D eigenvalue weighted by molar-refractivity contribution is 5.91. The van der Waals surface area contributed by atoms with Crippen LogP contribution in [0.1, 0.15) is 0 Å². The second kappa shape index (κ2) is 11.9. The van der Waals surface area contributed by atoms with Crippen LogP contribution in [0.3, 0.4) is 0 Å². The van der Waals surface area contributed by atoms with Crippen LogP contribution >= 0.6 is 0 Å². The molecule has 0 aromatic heterocycles. The van der Waals surface area contributed by atoms with Gasteiger partial charge in [-0.15, -0.1) is 0 Å². The van der Waals surface area contributed by atoms with Gasteiger partial charge in [-0.05, 0) is 0 Å². The van der Waals surface area contributed by atoms with Gasteiger partial charge < -0.3 is 18.9 Å². The summed E-state index contributed by atoms with van der Waals surface area (Å²) in [5.41, 5.74) is 0. The van der Waals surface area contributed by atoms with Gasteiger partial charge in [-0.2, -0.15) is 0 Å². The summed E-state index contributed by atoms with van der Waals surface area (Å²) < 4.78 is 18.4. The highest BCUT2D eigenvalue weighted by Crippen LogP contribution is 1.88. The van der Waals surface area contributed by atoms with E-state index in [1.165, 1.54) is 0 Å². The van der Waals surface area contributed by atoms with Crippen molar-refractivity contribution >= 4 is 23.9 Å². The third kappa shape index (κ3) is 11.0. The molecule has 0 aliphatic carbocycles. The van der Waals surface area contributed by atoms with Crippen LogP contribution in [0, 0.1) is 0 Å². The molecule has 0 spiro atoms. The Morgan fingerprint density at radius 1 is 0.591 bits per heavy atom.